The maximum Gasteiger partial charge on any atom is 0.414 e. The smallest absolute Gasteiger partial charge is 0.414 e. The molecule has 0 radical (unpaired) electrons. The summed E-state index contributed by atoms with van der Waals surface area (Å²) in [6, 6.07) is 0.239. The predicted octanol–water partition coefficient (Wildman–Crippen LogP) is 2.45. The SMILES string of the molecule is CCOC(=O)N1C=CC2=CCCCC21. The third-order valence-electron chi connectivity index (χ3n) is 2.69. The number of allylic oxidation sites excluding steroid dienone is 1. The molecule has 0 saturated carbocycles. The summed E-state index contributed by atoms with van der Waals surface area (Å²) in [4.78, 5) is 13.2. The van der Waals surface area contributed by atoms with Gasteiger partial charge in [-0.1, -0.05) is 6.08 Å². The molecule has 1 aliphatic heterocycles. The first kappa shape index (κ1) is 9.31. The van der Waals surface area contributed by atoms with Gasteiger partial charge in [0, 0.05) is 6.20 Å². The van der Waals surface area contributed by atoms with Crippen molar-refractivity contribution >= 4 is 6.09 Å². The summed E-state index contributed by atoms with van der Waals surface area (Å²) in [5.41, 5.74) is 1.27. The Kier molecular flexibility index (Phi) is 2.57. The molecular formula is C11H15NO2. The summed E-state index contributed by atoms with van der Waals surface area (Å²) in [7, 11) is 0. The summed E-state index contributed by atoms with van der Waals surface area (Å²) >= 11 is 0. The fraction of sp³-hybridized carbons (Fsp3) is 0.545. The predicted molar refractivity (Wildman–Crippen MR) is 53.7 cm³/mol. The molecule has 0 spiro atoms. The Labute approximate surface area is 84.0 Å². The first-order chi connectivity index (χ1) is 6.83. The van der Waals surface area contributed by atoms with Crippen molar-refractivity contribution in [3.63, 3.8) is 0 Å². The van der Waals surface area contributed by atoms with Crippen molar-refractivity contribution in [1.29, 1.82) is 0 Å². The van der Waals surface area contributed by atoms with Gasteiger partial charge < -0.3 is 4.74 Å². The van der Waals surface area contributed by atoms with Gasteiger partial charge in [0.25, 0.3) is 0 Å². The molecule has 3 nitrogen and oxygen atoms in total. The van der Waals surface area contributed by atoms with E-state index in [0.29, 0.717) is 6.61 Å². The van der Waals surface area contributed by atoms with Gasteiger partial charge in [-0.05, 0) is 37.8 Å². The van der Waals surface area contributed by atoms with Crippen LogP contribution < -0.4 is 0 Å². The number of carbonyl (C=O) groups is 1. The van der Waals surface area contributed by atoms with E-state index in [4.69, 9.17) is 4.74 Å². The lowest BCUT2D eigenvalue weighted by Crippen LogP contribution is -2.35. The monoisotopic (exact) mass is 193 g/mol. The quantitative estimate of drug-likeness (QED) is 0.640. The second-order valence-electron chi connectivity index (χ2n) is 3.57. The highest BCUT2D eigenvalue weighted by molar-refractivity contribution is 5.71. The molecular weight excluding hydrogens is 178 g/mol. The normalized spacial score (nSPS) is 24.5. The van der Waals surface area contributed by atoms with E-state index in [1.54, 1.807) is 4.90 Å². The first-order valence-electron chi connectivity index (χ1n) is 5.16. The molecule has 1 amide bonds. The van der Waals surface area contributed by atoms with Crippen LogP contribution in [0.25, 0.3) is 0 Å². The lowest BCUT2D eigenvalue weighted by molar-refractivity contribution is 0.115. The summed E-state index contributed by atoms with van der Waals surface area (Å²) in [5, 5.41) is 0. The number of hydrogen-bond donors (Lipinski definition) is 0. The van der Waals surface area contributed by atoms with Crippen LogP contribution >= 0.6 is 0 Å². The van der Waals surface area contributed by atoms with E-state index >= 15 is 0 Å². The average molecular weight is 193 g/mol. The van der Waals surface area contributed by atoms with Crippen LogP contribution in [0.1, 0.15) is 26.2 Å². The minimum Gasteiger partial charge on any atom is -0.449 e. The van der Waals surface area contributed by atoms with E-state index in [-0.39, 0.29) is 12.1 Å². The maximum atomic E-state index is 11.5. The zero-order valence-corrected chi connectivity index (χ0v) is 8.40. The summed E-state index contributed by atoms with van der Waals surface area (Å²) in [5.74, 6) is 0. The van der Waals surface area contributed by atoms with Crippen molar-refractivity contribution in [1.82, 2.24) is 4.90 Å². The van der Waals surface area contributed by atoms with Gasteiger partial charge in [0.05, 0.1) is 12.6 Å². The van der Waals surface area contributed by atoms with Crippen molar-refractivity contribution in [2.45, 2.75) is 32.2 Å². The molecule has 3 heteroatoms. The Hall–Kier alpha value is -1.25. The Balaban J connectivity index is 2.08. The molecule has 1 unspecified atom stereocenters. The summed E-state index contributed by atoms with van der Waals surface area (Å²) in [6.45, 7) is 2.27. The van der Waals surface area contributed by atoms with Gasteiger partial charge in [-0.3, -0.25) is 4.90 Å². The number of fused-ring (bicyclic) bond motifs is 1. The Morgan fingerprint density at radius 3 is 3.36 bits per heavy atom. The molecule has 14 heavy (non-hydrogen) atoms. The fourth-order valence-electron chi connectivity index (χ4n) is 2.02. The van der Waals surface area contributed by atoms with Gasteiger partial charge in [0.15, 0.2) is 0 Å². The standard InChI is InChI=1S/C11H15NO2/c1-2-14-11(13)12-8-7-9-5-3-4-6-10(9)12/h5,7-8,10H,2-4,6H2,1H3. The summed E-state index contributed by atoms with van der Waals surface area (Å²) < 4.78 is 4.98. The van der Waals surface area contributed by atoms with Gasteiger partial charge in [0.2, 0.25) is 0 Å². The molecule has 1 heterocycles. The van der Waals surface area contributed by atoms with Crippen LogP contribution in [0.4, 0.5) is 4.79 Å². The van der Waals surface area contributed by atoms with Crippen LogP contribution in [-0.2, 0) is 4.74 Å². The van der Waals surface area contributed by atoms with E-state index in [1.165, 1.54) is 5.57 Å². The third-order valence-corrected chi connectivity index (χ3v) is 2.69. The molecule has 2 rings (SSSR count). The second kappa shape index (κ2) is 3.86. The highest BCUT2D eigenvalue weighted by Crippen LogP contribution is 2.29. The molecule has 0 aromatic heterocycles. The third kappa shape index (κ3) is 1.54. The van der Waals surface area contributed by atoms with E-state index < -0.39 is 0 Å². The minimum absolute atomic E-state index is 0.223. The van der Waals surface area contributed by atoms with Crippen molar-refractivity contribution in [2.75, 3.05) is 6.61 Å². The molecule has 1 aliphatic carbocycles. The topological polar surface area (TPSA) is 29.5 Å². The summed E-state index contributed by atoms with van der Waals surface area (Å²) in [6.07, 6.45) is 9.18. The van der Waals surface area contributed by atoms with Gasteiger partial charge >= 0.3 is 6.09 Å². The number of carbonyl (C=O) groups excluding carboxylic acids is 1. The lowest BCUT2D eigenvalue weighted by atomic mass is 9.95. The molecule has 2 aliphatic rings. The fourth-order valence-corrected chi connectivity index (χ4v) is 2.02. The lowest BCUT2D eigenvalue weighted by Gasteiger charge is -2.26. The zero-order valence-electron chi connectivity index (χ0n) is 8.40. The van der Waals surface area contributed by atoms with Crippen molar-refractivity contribution in [3.8, 4) is 0 Å². The first-order valence-corrected chi connectivity index (χ1v) is 5.16. The number of rotatable bonds is 1. The van der Waals surface area contributed by atoms with Gasteiger partial charge in [0.1, 0.15) is 0 Å². The van der Waals surface area contributed by atoms with Crippen molar-refractivity contribution < 1.29 is 9.53 Å². The van der Waals surface area contributed by atoms with Crippen LogP contribution in [0.2, 0.25) is 0 Å². The molecule has 0 aromatic rings. The number of nitrogens with zero attached hydrogens (tertiary/aromatic N) is 1. The van der Waals surface area contributed by atoms with Crippen LogP contribution in [0, 0.1) is 0 Å². The van der Waals surface area contributed by atoms with Gasteiger partial charge in [-0.2, -0.15) is 0 Å². The average Bonchev–Trinajstić information content (AvgIpc) is 2.61. The molecule has 0 fully saturated rings. The molecule has 0 aromatic carbocycles. The second-order valence-corrected chi connectivity index (χ2v) is 3.57. The van der Waals surface area contributed by atoms with Crippen LogP contribution in [0.15, 0.2) is 23.9 Å². The number of ether oxygens (including phenoxy) is 1. The van der Waals surface area contributed by atoms with Crippen LogP contribution in [0.3, 0.4) is 0 Å². The molecule has 0 bridgehead atoms. The Morgan fingerprint density at radius 2 is 2.57 bits per heavy atom. The highest BCUT2D eigenvalue weighted by atomic mass is 16.6. The van der Waals surface area contributed by atoms with E-state index in [2.05, 4.69) is 6.08 Å². The zero-order chi connectivity index (χ0) is 9.97. The van der Waals surface area contributed by atoms with Gasteiger partial charge in [-0.25, -0.2) is 4.79 Å². The minimum atomic E-state index is -0.223. The van der Waals surface area contributed by atoms with Crippen molar-refractivity contribution in [2.24, 2.45) is 0 Å². The molecule has 1 atom stereocenters. The van der Waals surface area contributed by atoms with Crippen molar-refractivity contribution in [3.05, 3.63) is 23.9 Å². The van der Waals surface area contributed by atoms with E-state index in [1.807, 2.05) is 19.2 Å². The largest absolute Gasteiger partial charge is 0.449 e. The molecule has 76 valence electrons. The Bertz CT molecular complexity index is 294. The van der Waals surface area contributed by atoms with E-state index in [9.17, 15) is 4.79 Å². The molecule has 0 saturated heterocycles. The van der Waals surface area contributed by atoms with Crippen LogP contribution in [0.5, 0.6) is 0 Å². The maximum absolute atomic E-state index is 11.5. The highest BCUT2D eigenvalue weighted by Gasteiger charge is 2.30. The Morgan fingerprint density at radius 1 is 1.71 bits per heavy atom. The molecule has 0 N–H and O–H groups in total. The van der Waals surface area contributed by atoms with E-state index in [0.717, 1.165) is 19.3 Å². The van der Waals surface area contributed by atoms with Crippen LogP contribution in [-0.4, -0.2) is 23.6 Å². The number of hydrogen-bond acceptors (Lipinski definition) is 2. The number of amides is 1. The van der Waals surface area contributed by atoms with Gasteiger partial charge in [-0.15, -0.1) is 0 Å².